The second kappa shape index (κ2) is 8.85. The van der Waals surface area contributed by atoms with Crippen molar-refractivity contribution in [3.05, 3.63) is 57.8 Å². The zero-order valence-electron chi connectivity index (χ0n) is 15.0. The van der Waals surface area contributed by atoms with E-state index in [1.54, 1.807) is 11.3 Å². The van der Waals surface area contributed by atoms with E-state index in [0.29, 0.717) is 25.2 Å². The van der Waals surface area contributed by atoms with E-state index in [0.717, 1.165) is 29.8 Å². The Balaban J connectivity index is 1.64. The van der Waals surface area contributed by atoms with Gasteiger partial charge in [-0.25, -0.2) is 4.79 Å². The normalized spacial score (nSPS) is 17.0. The van der Waals surface area contributed by atoms with Gasteiger partial charge in [-0.3, -0.25) is 4.79 Å². The highest BCUT2D eigenvalue weighted by Gasteiger charge is 2.24. The molecule has 1 atom stereocenters. The highest BCUT2D eigenvalue weighted by molar-refractivity contribution is 7.09. The molecule has 1 aromatic heterocycles. The van der Waals surface area contributed by atoms with Gasteiger partial charge in [0, 0.05) is 36.0 Å². The molecule has 0 aliphatic carbocycles. The number of hydrogen-bond donors (Lipinski definition) is 2. The zero-order chi connectivity index (χ0) is 18.4. The van der Waals surface area contributed by atoms with Gasteiger partial charge < -0.3 is 15.5 Å². The van der Waals surface area contributed by atoms with Gasteiger partial charge in [0.1, 0.15) is 0 Å². The Morgan fingerprint density at radius 1 is 1.23 bits per heavy atom. The van der Waals surface area contributed by atoms with Crippen LogP contribution in [-0.4, -0.2) is 36.5 Å². The highest BCUT2D eigenvalue weighted by atomic mass is 32.1. The molecule has 1 saturated heterocycles. The van der Waals surface area contributed by atoms with Gasteiger partial charge in [-0.2, -0.15) is 0 Å². The number of hydrogen-bond acceptors (Lipinski definition) is 3. The molecule has 6 heteroatoms. The average Bonchev–Trinajstić information content (AvgIpc) is 3.20. The Morgan fingerprint density at radius 2 is 2.12 bits per heavy atom. The van der Waals surface area contributed by atoms with E-state index in [2.05, 4.69) is 16.7 Å². The van der Waals surface area contributed by atoms with Crippen molar-refractivity contribution in [1.82, 2.24) is 15.5 Å². The summed E-state index contributed by atoms with van der Waals surface area (Å²) >= 11 is 1.63. The fourth-order valence-corrected chi connectivity index (χ4v) is 3.96. The van der Waals surface area contributed by atoms with Crippen LogP contribution in [0.2, 0.25) is 0 Å². The van der Waals surface area contributed by atoms with Crippen molar-refractivity contribution in [2.75, 3.05) is 19.6 Å². The van der Waals surface area contributed by atoms with Crippen molar-refractivity contribution < 1.29 is 9.59 Å². The smallest absolute Gasteiger partial charge is 0.317 e. The maximum absolute atomic E-state index is 12.5. The summed E-state index contributed by atoms with van der Waals surface area (Å²) in [4.78, 5) is 27.6. The van der Waals surface area contributed by atoms with E-state index in [9.17, 15) is 9.59 Å². The van der Waals surface area contributed by atoms with Crippen molar-refractivity contribution in [2.45, 2.75) is 32.2 Å². The van der Waals surface area contributed by atoms with Gasteiger partial charge >= 0.3 is 6.03 Å². The van der Waals surface area contributed by atoms with Crippen LogP contribution in [0.15, 0.2) is 41.8 Å². The van der Waals surface area contributed by atoms with Crippen LogP contribution in [0.1, 0.15) is 46.5 Å². The van der Waals surface area contributed by atoms with Crippen molar-refractivity contribution in [3.63, 3.8) is 0 Å². The predicted molar refractivity (Wildman–Crippen MR) is 105 cm³/mol. The zero-order valence-corrected chi connectivity index (χ0v) is 15.8. The van der Waals surface area contributed by atoms with Crippen molar-refractivity contribution in [2.24, 2.45) is 0 Å². The van der Waals surface area contributed by atoms with Gasteiger partial charge in [-0.15, -0.1) is 11.3 Å². The summed E-state index contributed by atoms with van der Waals surface area (Å²) in [6.45, 7) is 4.61. The average molecular weight is 372 g/mol. The van der Waals surface area contributed by atoms with E-state index < -0.39 is 0 Å². The highest BCUT2D eigenvalue weighted by Crippen LogP contribution is 2.27. The molecule has 0 bridgehead atoms. The van der Waals surface area contributed by atoms with Crippen molar-refractivity contribution in [1.29, 1.82) is 0 Å². The first-order chi connectivity index (χ1) is 12.7. The second-order valence-electron chi connectivity index (χ2n) is 6.51. The lowest BCUT2D eigenvalue weighted by Crippen LogP contribution is -2.44. The Kier molecular flexibility index (Phi) is 6.28. The number of nitrogens with one attached hydrogen (secondary N) is 2. The molecule has 2 heterocycles. The fourth-order valence-electron chi connectivity index (χ4n) is 3.31. The number of benzene rings is 1. The summed E-state index contributed by atoms with van der Waals surface area (Å²) in [6, 6.07) is 11.8. The number of amides is 3. The third-order valence-corrected chi connectivity index (χ3v) is 5.54. The molecule has 5 nitrogen and oxygen atoms in total. The van der Waals surface area contributed by atoms with Gasteiger partial charge in [-0.1, -0.05) is 18.2 Å². The van der Waals surface area contributed by atoms with E-state index >= 15 is 0 Å². The van der Waals surface area contributed by atoms with Crippen LogP contribution in [0.5, 0.6) is 0 Å². The van der Waals surface area contributed by atoms with Gasteiger partial charge in [0.15, 0.2) is 0 Å². The molecular formula is C20H25N3O2S. The minimum absolute atomic E-state index is 0.00189. The van der Waals surface area contributed by atoms with Crippen LogP contribution in [0.4, 0.5) is 4.79 Å². The molecule has 0 radical (unpaired) electrons. The summed E-state index contributed by atoms with van der Waals surface area (Å²) in [7, 11) is 0. The third-order valence-electron chi connectivity index (χ3n) is 4.66. The van der Waals surface area contributed by atoms with Crippen LogP contribution >= 0.6 is 11.3 Å². The van der Waals surface area contributed by atoms with E-state index in [4.69, 9.17) is 0 Å². The van der Waals surface area contributed by atoms with E-state index in [1.165, 1.54) is 0 Å². The Bertz CT molecular complexity index is 745. The third kappa shape index (κ3) is 4.64. The van der Waals surface area contributed by atoms with Crippen LogP contribution in [-0.2, 0) is 6.54 Å². The summed E-state index contributed by atoms with van der Waals surface area (Å²) in [5.41, 5.74) is 1.80. The Morgan fingerprint density at radius 3 is 2.88 bits per heavy atom. The molecule has 1 aliphatic rings. The molecule has 3 amide bonds. The Hall–Kier alpha value is -2.34. The van der Waals surface area contributed by atoms with Gasteiger partial charge in [-0.05, 0) is 48.9 Å². The largest absolute Gasteiger partial charge is 0.347 e. The summed E-state index contributed by atoms with van der Waals surface area (Å²) in [5, 5.41) is 7.85. The predicted octanol–water partition coefficient (Wildman–Crippen LogP) is 3.59. The summed E-state index contributed by atoms with van der Waals surface area (Å²) in [6.07, 6.45) is 2.02. The van der Waals surface area contributed by atoms with E-state index in [1.807, 2.05) is 47.5 Å². The van der Waals surface area contributed by atoms with Gasteiger partial charge in [0.05, 0.1) is 6.54 Å². The van der Waals surface area contributed by atoms with Gasteiger partial charge in [0.25, 0.3) is 5.91 Å². The molecular weight excluding hydrogens is 346 g/mol. The topological polar surface area (TPSA) is 61.4 Å². The SMILES string of the molecule is CCNC(=O)N1CCC[C@@H](c2cccc(C(=O)NCc3cccs3)c2)C1. The lowest BCUT2D eigenvalue weighted by Gasteiger charge is -2.33. The van der Waals surface area contributed by atoms with Crippen LogP contribution in [0.3, 0.4) is 0 Å². The number of nitrogens with zero attached hydrogens (tertiary/aromatic N) is 1. The van der Waals surface area contributed by atoms with Gasteiger partial charge in [0.2, 0.25) is 0 Å². The quantitative estimate of drug-likeness (QED) is 0.844. The van der Waals surface area contributed by atoms with E-state index in [-0.39, 0.29) is 17.9 Å². The minimum atomic E-state index is -0.0587. The molecule has 26 heavy (non-hydrogen) atoms. The lowest BCUT2D eigenvalue weighted by atomic mass is 9.89. The number of likely N-dealkylation sites (tertiary alicyclic amines) is 1. The van der Waals surface area contributed by atoms with Crippen LogP contribution in [0.25, 0.3) is 0 Å². The summed E-state index contributed by atoms with van der Waals surface area (Å²) < 4.78 is 0. The van der Waals surface area contributed by atoms with Crippen LogP contribution in [0, 0.1) is 0 Å². The first-order valence-corrected chi connectivity index (χ1v) is 9.98. The molecule has 3 rings (SSSR count). The molecule has 1 aromatic carbocycles. The number of piperidine rings is 1. The van der Waals surface area contributed by atoms with Crippen LogP contribution < -0.4 is 10.6 Å². The first-order valence-electron chi connectivity index (χ1n) is 9.10. The summed E-state index contributed by atoms with van der Waals surface area (Å²) in [5.74, 6) is 0.216. The molecule has 1 fully saturated rings. The standard InChI is InChI=1S/C20H25N3O2S/c1-2-21-20(25)23-10-4-8-17(14-23)15-6-3-7-16(12-15)19(24)22-13-18-9-5-11-26-18/h3,5-7,9,11-12,17H,2,4,8,10,13-14H2,1H3,(H,21,25)(H,22,24)/t17-/m1/s1. The monoisotopic (exact) mass is 371 g/mol. The number of carbonyl (C=O) groups excluding carboxylic acids is 2. The molecule has 0 saturated carbocycles. The fraction of sp³-hybridized carbons (Fsp3) is 0.400. The molecule has 0 unspecified atom stereocenters. The molecule has 0 spiro atoms. The molecule has 2 N–H and O–H groups in total. The molecule has 138 valence electrons. The maximum atomic E-state index is 12.5. The number of thiophene rings is 1. The first kappa shape index (κ1) is 18.5. The Labute approximate surface area is 158 Å². The van der Waals surface area contributed by atoms with Crippen molar-refractivity contribution >= 4 is 23.3 Å². The maximum Gasteiger partial charge on any atom is 0.317 e. The van der Waals surface area contributed by atoms with Crippen molar-refractivity contribution in [3.8, 4) is 0 Å². The molecule has 2 aromatic rings. The lowest BCUT2D eigenvalue weighted by molar-refractivity contribution is 0.0951. The number of carbonyl (C=O) groups is 2. The second-order valence-corrected chi connectivity index (χ2v) is 7.54. The number of rotatable bonds is 5. The minimum Gasteiger partial charge on any atom is -0.347 e. The molecule has 1 aliphatic heterocycles. The number of urea groups is 1.